The molecule has 16 heavy (non-hydrogen) atoms. The Bertz CT molecular complexity index is 476. The summed E-state index contributed by atoms with van der Waals surface area (Å²) in [5.41, 5.74) is 1.86. The van der Waals surface area contributed by atoms with Gasteiger partial charge < -0.3 is 0 Å². The van der Waals surface area contributed by atoms with Crippen LogP contribution in [0.5, 0.6) is 0 Å². The van der Waals surface area contributed by atoms with E-state index in [4.69, 9.17) is 0 Å². The van der Waals surface area contributed by atoms with Crippen molar-refractivity contribution in [2.75, 3.05) is 0 Å². The highest BCUT2D eigenvalue weighted by Crippen LogP contribution is 2.36. The smallest absolute Gasteiger partial charge is 0.141 e. The van der Waals surface area contributed by atoms with E-state index < -0.39 is 21.0 Å². The Morgan fingerprint density at radius 3 is 2.69 bits per heavy atom. The number of halogens is 1. The molecule has 6 heteroatoms. The van der Waals surface area contributed by atoms with Crippen LogP contribution in [0.2, 0.25) is 0 Å². The van der Waals surface area contributed by atoms with Gasteiger partial charge in [0.1, 0.15) is 14.5 Å². The van der Waals surface area contributed by atoms with E-state index in [0.29, 0.717) is 0 Å². The molecule has 1 aromatic rings. The Morgan fingerprint density at radius 1 is 1.25 bits per heavy atom. The normalized spacial score (nSPS) is 19.1. The zero-order valence-corrected chi connectivity index (χ0v) is 9.96. The van der Waals surface area contributed by atoms with Crippen LogP contribution in [-0.2, 0) is 3.74 Å². The Morgan fingerprint density at radius 2 is 2.00 bits per heavy atom. The second-order valence-electron chi connectivity index (χ2n) is 3.27. The van der Waals surface area contributed by atoms with Gasteiger partial charge >= 0.3 is 0 Å². The monoisotopic (exact) mass is 260 g/mol. The van der Waals surface area contributed by atoms with Crippen LogP contribution in [0.25, 0.3) is 6.08 Å². The molecule has 1 aromatic carbocycles. The van der Waals surface area contributed by atoms with Crippen molar-refractivity contribution in [3.8, 4) is 0 Å². The molecular formula is C10H9ClO4S. The van der Waals surface area contributed by atoms with Crippen molar-refractivity contribution >= 4 is 22.2 Å². The summed E-state index contributed by atoms with van der Waals surface area (Å²) < 4.78 is 36.1. The number of allylic oxidation sites excluding steroid dienone is 1. The topological polar surface area (TPSA) is 78.4 Å². The third-order valence-corrected chi connectivity index (χ3v) is 4.36. The molecule has 1 aliphatic rings. The Balaban J connectivity index is 2.40. The number of benzene rings is 1. The summed E-state index contributed by atoms with van der Waals surface area (Å²) in [6.07, 6.45) is 3.53. The van der Waals surface area contributed by atoms with Crippen LogP contribution in [-0.4, -0.2) is 5.37 Å². The molecule has 4 nitrogen and oxygen atoms in total. The molecule has 0 bridgehead atoms. The lowest BCUT2D eigenvalue weighted by atomic mass is 10.1. The van der Waals surface area contributed by atoms with E-state index in [1.165, 1.54) is 0 Å². The maximum absolute atomic E-state index is 10.6. The zero-order chi connectivity index (χ0) is 11.8. The van der Waals surface area contributed by atoms with Crippen LogP contribution in [0.4, 0.5) is 0 Å². The third kappa shape index (κ3) is 2.70. The van der Waals surface area contributed by atoms with Crippen LogP contribution in [0.3, 0.4) is 0 Å². The average Bonchev–Trinajstić information content (AvgIpc) is 2.17. The van der Waals surface area contributed by atoms with E-state index in [2.05, 4.69) is 3.74 Å². The standard InChI is InChI=1S/C10H9ClO4S/c1-8-4-5-9-3-2-6-16(10(9)7-8)15-11(12,13)14/h2-7H,1H3. The highest BCUT2D eigenvalue weighted by Gasteiger charge is 2.25. The quantitative estimate of drug-likeness (QED) is 0.658. The number of fused-ring (bicyclic) bond motifs is 1. The summed E-state index contributed by atoms with van der Waals surface area (Å²) in [5.74, 6) is 0. The fourth-order valence-electron chi connectivity index (χ4n) is 1.38. The van der Waals surface area contributed by atoms with Gasteiger partial charge in [0.2, 0.25) is 0 Å². The fourth-order valence-corrected chi connectivity index (χ4v) is 3.52. The van der Waals surface area contributed by atoms with Gasteiger partial charge in [-0.2, -0.15) is 14.0 Å². The summed E-state index contributed by atoms with van der Waals surface area (Å²) in [6, 6.07) is 5.60. The van der Waals surface area contributed by atoms with Crippen molar-refractivity contribution in [1.82, 2.24) is 0 Å². The lowest BCUT2D eigenvalue weighted by Gasteiger charge is -2.16. The van der Waals surface area contributed by atoms with E-state index in [-0.39, 0.29) is 0 Å². The molecule has 0 saturated carbocycles. The van der Waals surface area contributed by atoms with Gasteiger partial charge in [0.15, 0.2) is 0 Å². The molecule has 0 aromatic heterocycles. The van der Waals surface area contributed by atoms with Crippen molar-refractivity contribution in [2.24, 2.45) is 0 Å². The molecule has 0 amide bonds. The molecule has 0 radical (unpaired) electrons. The molecule has 0 spiro atoms. The van der Waals surface area contributed by atoms with Crippen LogP contribution in [0, 0.1) is 17.2 Å². The van der Waals surface area contributed by atoms with E-state index in [9.17, 15) is 14.0 Å². The predicted molar refractivity (Wildman–Crippen MR) is 53.2 cm³/mol. The highest BCUT2D eigenvalue weighted by atomic mass is 35.7. The Hall–Kier alpha value is -0.690. The second-order valence-corrected chi connectivity index (χ2v) is 5.84. The molecule has 2 rings (SSSR count). The van der Waals surface area contributed by atoms with Gasteiger partial charge in [-0.05, 0) is 24.1 Å². The van der Waals surface area contributed by atoms with Crippen LogP contribution in [0.15, 0.2) is 29.2 Å². The number of rotatable bonds is 2. The number of hydrogen-bond donors (Lipinski definition) is 0. The van der Waals surface area contributed by atoms with Crippen LogP contribution >= 0.6 is 10.8 Å². The molecule has 1 heterocycles. The molecule has 0 N–H and O–H groups in total. The molecule has 0 fully saturated rings. The molecule has 1 unspecified atom stereocenters. The van der Waals surface area contributed by atoms with Gasteiger partial charge in [0.05, 0.1) is 15.1 Å². The molecule has 1 aliphatic heterocycles. The van der Waals surface area contributed by atoms with E-state index in [1.54, 1.807) is 11.4 Å². The largest absolute Gasteiger partial charge is 0.182 e. The van der Waals surface area contributed by atoms with Crippen molar-refractivity contribution in [2.45, 2.75) is 11.8 Å². The fraction of sp³-hybridized carbons (Fsp3) is 0.100. The first-order valence-electron chi connectivity index (χ1n) is 4.42. The minimum absolute atomic E-state index is 0.717. The van der Waals surface area contributed by atoms with E-state index >= 15 is 0 Å². The van der Waals surface area contributed by atoms with Gasteiger partial charge in [0.25, 0.3) is 0 Å². The lowest BCUT2D eigenvalue weighted by Crippen LogP contribution is -2.60. The van der Waals surface area contributed by atoms with Gasteiger partial charge in [-0.25, -0.2) is 0 Å². The van der Waals surface area contributed by atoms with Gasteiger partial charge in [-0.1, -0.05) is 24.3 Å². The zero-order valence-electron chi connectivity index (χ0n) is 8.38. The second kappa shape index (κ2) is 4.29. The summed E-state index contributed by atoms with van der Waals surface area (Å²) in [4.78, 5) is 0.717. The van der Waals surface area contributed by atoms with Crippen molar-refractivity contribution in [3.05, 3.63) is 35.4 Å². The molecule has 86 valence electrons. The maximum atomic E-state index is 10.6. The van der Waals surface area contributed by atoms with Gasteiger partial charge in [-0.15, -0.1) is 0 Å². The summed E-state index contributed by atoms with van der Waals surface area (Å²) in [7, 11) is -5.53. The number of aryl methyl sites for hydroxylation is 1. The minimum Gasteiger partial charge on any atom is -0.182 e. The predicted octanol–water partition coefficient (Wildman–Crippen LogP) is -0.719. The van der Waals surface area contributed by atoms with E-state index in [0.717, 1.165) is 16.0 Å². The first-order chi connectivity index (χ1) is 7.46. The highest BCUT2D eigenvalue weighted by molar-refractivity contribution is 8.11. The molecular weight excluding hydrogens is 252 g/mol. The summed E-state index contributed by atoms with van der Waals surface area (Å²) in [6.45, 7) is 1.89. The van der Waals surface area contributed by atoms with Gasteiger partial charge in [0, 0.05) is 5.37 Å². The molecule has 0 aliphatic carbocycles. The van der Waals surface area contributed by atoms with Gasteiger partial charge in [-0.3, -0.25) is 0 Å². The average molecular weight is 261 g/mol. The van der Waals surface area contributed by atoms with Crippen molar-refractivity contribution < 1.29 is 28.0 Å². The third-order valence-electron chi connectivity index (χ3n) is 2.01. The maximum Gasteiger partial charge on any atom is 0.141 e. The van der Waals surface area contributed by atoms with Crippen molar-refractivity contribution in [1.29, 1.82) is 0 Å². The molecule has 1 atom stereocenters. The molecule has 0 saturated heterocycles. The first kappa shape index (κ1) is 11.8. The van der Waals surface area contributed by atoms with Crippen LogP contribution < -0.4 is 14.0 Å². The summed E-state index contributed by atoms with van der Waals surface area (Å²) in [5, 5.41) is 1.56. The Labute approximate surface area is 97.7 Å². The van der Waals surface area contributed by atoms with Crippen molar-refractivity contribution in [3.63, 3.8) is 0 Å². The SMILES string of the molecule is Cc1ccc2c(c1)S(O[Cl+3]([O-])([O-])[O-])=CC=C2. The van der Waals surface area contributed by atoms with E-state index in [1.807, 2.05) is 31.2 Å². The number of hydrogen-bond acceptors (Lipinski definition) is 4. The first-order valence-corrected chi connectivity index (χ1v) is 6.86. The van der Waals surface area contributed by atoms with Crippen LogP contribution in [0.1, 0.15) is 11.1 Å². The minimum atomic E-state index is -4.41. The Kier molecular flexibility index (Phi) is 3.16. The summed E-state index contributed by atoms with van der Waals surface area (Å²) >= 11 is 0. The lowest BCUT2D eigenvalue weighted by molar-refractivity contribution is -1.91.